The number of nitrogens with two attached hydrogens (primary N) is 1. The maximum atomic E-state index is 12.9. The van der Waals surface area contributed by atoms with Crippen LogP contribution in [0, 0.1) is 5.92 Å². The Morgan fingerprint density at radius 1 is 1.30 bits per heavy atom. The van der Waals surface area contributed by atoms with Crippen LogP contribution in [0.25, 0.3) is 0 Å². The normalized spacial score (nSPS) is 16.5. The average Bonchev–Trinajstić information content (AvgIpc) is 2.60. The third-order valence-corrected chi connectivity index (χ3v) is 4.69. The van der Waals surface area contributed by atoms with Crippen molar-refractivity contribution in [1.29, 1.82) is 0 Å². The van der Waals surface area contributed by atoms with Crippen LogP contribution < -0.4 is 21.1 Å². The van der Waals surface area contributed by atoms with Crippen LogP contribution in [-0.2, 0) is 9.53 Å². The zero-order valence-corrected chi connectivity index (χ0v) is 17.0. The molecule has 8 heteroatoms. The van der Waals surface area contributed by atoms with Crippen molar-refractivity contribution in [3.8, 4) is 5.75 Å². The van der Waals surface area contributed by atoms with Crippen LogP contribution in [0.4, 0.5) is 5.69 Å². The van der Waals surface area contributed by atoms with Gasteiger partial charge < -0.3 is 25.8 Å². The summed E-state index contributed by atoms with van der Waals surface area (Å²) >= 11 is 6.06. The SMILES string of the molecule is COc1cc(N)c(Cl)cc1C(=O)NC(C(=O)OC(C)(C)C)C1CCNCC1. The third kappa shape index (κ3) is 5.74. The molecule has 7 nitrogen and oxygen atoms in total. The van der Waals surface area contributed by atoms with Crippen molar-refractivity contribution in [1.82, 2.24) is 10.6 Å². The molecule has 0 saturated carbocycles. The van der Waals surface area contributed by atoms with Crippen molar-refractivity contribution >= 4 is 29.2 Å². The standard InChI is InChI=1S/C19H28ClN3O4/c1-19(2,3)27-18(25)16(11-5-7-22-8-6-11)23-17(24)12-9-13(20)14(21)10-15(12)26-4/h9-11,16,22H,5-8,21H2,1-4H3,(H,23,24). The number of benzene rings is 1. The zero-order chi connectivity index (χ0) is 20.2. The van der Waals surface area contributed by atoms with Gasteiger partial charge >= 0.3 is 5.97 Å². The molecule has 0 spiro atoms. The van der Waals surface area contributed by atoms with Gasteiger partial charge in [-0.2, -0.15) is 0 Å². The summed E-state index contributed by atoms with van der Waals surface area (Å²) in [6.07, 6.45) is 1.54. The molecule has 1 aliphatic rings. The average molecular weight is 398 g/mol. The maximum absolute atomic E-state index is 12.9. The van der Waals surface area contributed by atoms with E-state index in [2.05, 4.69) is 10.6 Å². The number of methoxy groups -OCH3 is 1. The van der Waals surface area contributed by atoms with E-state index in [4.69, 9.17) is 26.8 Å². The van der Waals surface area contributed by atoms with Crippen molar-refractivity contribution in [2.45, 2.75) is 45.3 Å². The molecule has 1 unspecified atom stereocenters. The van der Waals surface area contributed by atoms with Gasteiger partial charge in [0.1, 0.15) is 17.4 Å². The summed E-state index contributed by atoms with van der Waals surface area (Å²) in [6.45, 7) is 6.98. The van der Waals surface area contributed by atoms with Crippen molar-refractivity contribution in [2.75, 3.05) is 25.9 Å². The number of amides is 1. The van der Waals surface area contributed by atoms with E-state index in [9.17, 15) is 9.59 Å². The maximum Gasteiger partial charge on any atom is 0.329 e. The van der Waals surface area contributed by atoms with Crippen LogP contribution in [-0.4, -0.2) is 43.7 Å². The lowest BCUT2D eigenvalue weighted by atomic mass is 9.89. The molecular weight excluding hydrogens is 370 g/mol. The van der Waals surface area contributed by atoms with E-state index in [-0.39, 0.29) is 16.5 Å². The Balaban J connectivity index is 2.27. The van der Waals surface area contributed by atoms with E-state index < -0.39 is 23.5 Å². The lowest BCUT2D eigenvalue weighted by Gasteiger charge is -2.32. The monoisotopic (exact) mass is 397 g/mol. The number of esters is 1. The summed E-state index contributed by atoms with van der Waals surface area (Å²) in [5, 5.41) is 6.33. The Kier molecular flexibility index (Phi) is 6.95. The van der Waals surface area contributed by atoms with Gasteiger partial charge in [-0.25, -0.2) is 4.79 Å². The van der Waals surface area contributed by atoms with Crippen molar-refractivity contribution < 1.29 is 19.1 Å². The first-order valence-corrected chi connectivity index (χ1v) is 9.37. The molecule has 150 valence electrons. The molecule has 2 rings (SSSR count). The highest BCUT2D eigenvalue weighted by Gasteiger charge is 2.35. The van der Waals surface area contributed by atoms with Crippen molar-refractivity contribution in [3.63, 3.8) is 0 Å². The number of hydrogen-bond acceptors (Lipinski definition) is 6. The van der Waals surface area contributed by atoms with E-state index in [1.807, 2.05) is 0 Å². The summed E-state index contributed by atoms with van der Waals surface area (Å²) in [5.74, 6) is -0.616. The summed E-state index contributed by atoms with van der Waals surface area (Å²) in [6, 6.07) is 2.18. The molecule has 1 aliphatic heterocycles. The predicted molar refractivity (Wildman–Crippen MR) is 105 cm³/mol. The lowest BCUT2D eigenvalue weighted by Crippen LogP contribution is -2.51. The molecule has 1 amide bonds. The Morgan fingerprint density at radius 2 is 1.93 bits per heavy atom. The number of ether oxygens (including phenoxy) is 2. The van der Waals surface area contributed by atoms with Crippen LogP contribution >= 0.6 is 11.6 Å². The molecule has 1 aromatic carbocycles. The number of nitrogen functional groups attached to an aromatic ring is 1. The zero-order valence-electron chi connectivity index (χ0n) is 16.2. The molecule has 1 saturated heterocycles. The van der Waals surface area contributed by atoms with Gasteiger partial charge in [-0.3, -0.25) is 4.79 Å². The minimum atomic E-state index is -0.750. The smallest absolute Gasteiger partial charge is 0.329 e. The molecule has 1 fully saturated rings. The van der Waals surface area contributed by atoms with Gasteiger partial charge in [0, 0.05) is 6.07 Å². The van der Waals surface area contributed by atoms with E-state index >= 15 is 0 Å². The molecule has 0 bridgehead atoms. The number of hydrogen-bond donors (Lipinski definition) is 3. The van der Waals surface area contributed by atoms with Crippen LogP contribution in [0.1, 0.15) is 44.0 Å². The fourth-order valence-electron chi connectivity index (χ4n) is 3.05. The molecule has 0 aromatic heterocycles. The highest BCUT2D eigenvalue weighted by atomic mass is 35.5. The number of carbonyl (C=O) groups excluding carboxylic acids is 2. The number of rotatable bonds is 5. The summed E-state index contributed by atoms with van der Waals surface area (Å²) in [4.78, 5) is 25.7. The van der Waals surface area contributed by atoms with Gasteiger partial charge in [-0.1, -0.05) is 11.6 Å². The third-order valence-electron chi connectivity index (χ3n) is 4.37. The molecule has 0 radical (unpaired) electrons. The van der Waals surface area contributed by atoms with Gasteiger partial charge in [0.25, 0.3) is 5.91 Å². The summed E-state index contributed by atoms with van der Waals surface area (Å²) in [7, 11) is 1.44. The predicted octanol–water partition coefficient (Wildman–Crippen LogP) is 2.37. The van der Waals surface area contributed by atoms with E-state index in [0.29, 0.717) is 11.4 Å². The van der Waals surface area contributed by atoms with Gasteiger partial charge in [0.2, 0.25) is 0 Å². The van der Waals surface area contributed by atoms with Gasteiger partial charge in [0.15, 0.2) is 0 Å². The molecule has 1 heterocycles. The topological polar surface area (TPSA) is 103 Å². The first-order valence-electron chi connectivity index (χ1n) is 9.00. The quantitative estimate of drug-likeness (QED) is 0.520. The van der Waals surface area contributed by atoms with E-state index in [0.717, 1.165) is 25.9 Å². The molecule has 1 atom stereocenters. The van der Waals surface area contributed by atoms with Gasteiger partial charge in [-0.15, -0.1) is 0 Å². The number of piperidine rings is 1. The highest BCUT2D eigenvalue weighted by molar-refractivity contribution is 6.33. The summed E-state index contributed by atoms with van der Waals surface area (Å²) < 4.78 is 10.8. The molecule has 0 aliphatic carbocycles. The summed E-state index contributed by atoms with van der Waals surface area (Å²) in [5.41, 5.74) is 5.67. The van der Waals surface area contributed by atoms with E-state index in [1.54, 1.807) is 20.8 Å². The molecule has 1 aromatic rings. The lowest BCUT2D eigenvalue weighted by molar-refractivity contribution is -0.159. The molecular formula is C19H28ClN3O4. The molecule has 27 heavy (non-hydrogen) atoms. The van der Waals surface area contributed by atoms with Crippen LogP contribution in [0.5, 0.6) is 5.75 Å². The van der Waals surface area contributed by atoms with Crippen LogP contribution in [0.3, 0.4) is 0 Å². The fraction of sp³-hybridized carbons (Fsp3) is 0.579. The number of nitrogens with one attached hydrogen (secondary N) is 2. The van der Waals surface area contributed by atoms with Gasteiger partial charge in [-0.05, 0) is 58.7 Å². The number of halogens is 1. The minimum Gasteiger partial charge on any atom is -0.496 e. The Morgan fingerprint density at radius 3 is 2.48 bits per heavy atom. The van der Waals surface area contributed by atoms with Crippen LogP contribution in [0.2, 0.25) is 5.02 Å². The number of anilines is 1. The second-order valence-corrected chi connectivity index (χ2v) is 8.05. The second-order valence-electron chi connectivity index (χ2n) is 7.65. The highest BCUT2D eigenvalue weighted by Crippen LogP contribution is 2.29. The second kappa shape index (κ2) is 8.80. The fourth-order valence-corrected chi connectivity index (χ4v) is 3.21. The van der Waals surface area contributed by atoms with E-state index in [1.165, 1.54) is 19.2 Å². The Hall–Kier alpha value is -1.99. The van der Waals surface area contributed by atoms with Crippen molar-refractivity contribution in [3.05, 3.63) is 22.7 Å². The first kappa shape index (κ1) is 21.3. The van der Waals surface area contributed by atoms with Crippen LogP contribution in [0.15, 0.2) is 12.1 Å². The minimum absolute atomic E-state index is 0.0136. The molecule has 4 N–H and O–H groups in total. The Labute approximate surface area is 164 Å². The Bertz CT molecular complexity index is 697. The largest absolute Gasteiger partial charge is 0.496 e. The van der Waals surface area contributed by atoms with Crippen molar-refractivity contribution in [2.24, 2.45) is 5.92 Å². The van der Waals surface area contributed by atoms with Gasteiger partial charge in [0.05, 0.1) is 23.4 Å². The first-order chi connectivity index (χ1) is 12.6. The number of carbonyl (C=O) groups is 2.